The molecule has 1 atom stereocenters. The van der Waals surface area contributed by atoms with E-state index in [1.807, 2.05) is 84.9 Å². The van der Waals surface area contributed by atoms with E-state index in [4.69, 9.17) is 5.73 Å². The lowest BCUT2D eigenvalue weighted by Gasteiger charge is -2.14. The van der Waals surface area contributed by atoms with E-state index < -0.39 is 11.9 Å². The van der Waals surface area contributed by atoms with Crippen molar-refractivity contribution in [2.24, 2.45) is 5.73 Å². The van der Waals surface area contributed by atoms with E-state index in [9.17, 15) is 9.59 Å². The van der Waals surface area contributed by atoms with Crippen molar-refractivity contribution in [1.82, 2.24) is 5.32 Å². The van der Waals surface area contributed by atoms with Gasteiger partial charge in [0.2, 0.25) is 5.91 Å². The highest BCUT2D eigenvalue weighted by atomic mass is 16.2. The summed E-state index contributed by atoms with van der Waals surface area (Å²) in [7, 11) is 0. The molecule has 4 nitrogen and oxygen atoms in total. The van der Waals surface area contributed by atoms with E-state index in [0.29, 0.717) is 12.0 Å². The first-order chi connectivity index (χ1) is 13.6. The highest BCUT2D eigenvalue weighted by Gasteiger charge is 2.17. The van der Waals surface area contributed by atoms with Crippen molar-refractivity contribution in [2.45, 2.75) is 12.5 Å². The minimum absolute atomic E-state index is 0.323. The highest BCUT2D eigenvalue weighted by molar-refractivity contribution is 5.97. The molecule has 0 bridgehead atoms. The van der Waals surface area contributed by atoms with Gasteiger partial charge in [-0.2, -0.15) is 0 Å². The fourth-order valence-corrected chi connectivity index (χ4v) is 2.84. The van der Waals surface area contributed by atoms with Gasteiger partial charge in [-0.1, -0.05) is 84.9 Å². The van der Waals surface area contributed by atoms with Gasteiger partial charge in [0.25, 0.3) is 5.91 Å². The molecule has 3 rings (SSSR count). The Balaban J connectivity index is 1.64. The van der Waals surface area contributed by atoms with Crippen LogP contribution in [0, 0.1) is 0 Å². The monoisotopic (exact) mass is 370 g/mol. The molecular formula is C24H22N2O2. The first kappa shape index (κ1) is 19.1. The van der Waals surface area contributed by atoms with Gasteiger partial charge >= 0.3 is 0 Å². The van der Waals surface area contributed by atoms with Crippen molar-refractivity contribution in [3.05, 3.63) is 102 Å². The number of carbonyl (C=O) groups excluding carboxylic acids is 2. The molecule has 3 aromatic rings. The van der Waals surface area contributed by atoms with Crippen molar-refractivity contribution in [3.8, 4) is 11.1 Å². The van der Waals surface area contributed by atoms with Gasteiger partial charge in [0.1, 0.15) is 6.04 Å². The zero-order chi connectivity index (χ0) is 19.8. The second kappa shape index (κ2) is 9.33. The number of benzene rings is 3. The molecule has 0 fully saturated rings. The summed E-state index contributed by atoms with van der Waals surface area (Å²) >= 11 is 0. The van der Waals surface area contributed by atoms with Crippen LogP contribution in [-0.4, -0.2) is 17.9 Å². The molecule has 0 aliphatic heterocycles. The highest BCUT2D eigenvalue weighted by Crippen LogP contribution is 2.19. The van der Waals surface area contributed by atoms with Crippen LogP contribution in [0.3, 0.4) is 0 Å². The van der Waals surface area contributed by atoms with Crippen LogP contribution in [-0.2, 0) is 4.79 Å². The van der Waals surface area contributed by atoms with Crippen molar-refractivity contribution in [2.75, 3.05) is 0 Å². The third-order valence-electron chi connectivity index (χ3n) is 4.38. The van der Waals surface area contributed by atoms with Crippen LogP contribution in [0.25, 0.3) is 17.2 Å². The molecule has 0 saturated heterocycles. The Kier molecular flexibility index (Phi) is 6.37. The maximum absolute atomic E-state index is 12.5. The minimum Gasteiger partial charge on any atom is -0.368 e. The van der Waals surface area contributed by atoms with Gasteiger partial charge in [0, 0.05) is 5.56 Å². The molecule has 140 valence electrons. The van der Waals surface area contributed by atoms with Gasteiger partial charge in [-0.15, -0.1) is 0 Å². The van der Waals surface area contributed by atoms with E-state index in [-0.39, 0.29) is 5.91 Å². The number of carbonyl (C=O) groups is 2. The lowest BCUT2D eigenvalue weighted by Crippen LogP contribution is -2.44. The van der Waals surface area contributed by atoms with Gasteiger partial charge in [-0.3, -0.25) is 9.59 Å². The van der Waals surface area contributed by atoms with Gasteiger partial charge in [0.15, 0.2) is 0 Å². The quantitative estimate of drug-likeness (QED) is 0.659. The molecule has 2 amide bonds. The Hall–Kier alpha value is -3.66. The molecule has 3 N–H and O–H groups in total. The number of hydrogen-bond acceptors (Lipinski definition) is 2. The molecule has 0 radical (unpaired) electrons. The summed E-state index contributed by atoms with van der Waals surface area (Å²) in [5.41, 5.74) is 9.06. The van der Waals surface area contributed by atoms with Gasteiger partial charge < -0.3 is 11.1 Å². The summed E-state index contributed by atoms with van der Waals surface area (Å²) in [6, 6.07) is 26.2. The number of hydrogen-bond donors (Lipinski definition) is 2. The maximum Gasteiger partial charge on any atom is 0.251 e. The predicted molar refractivity (Wildman–Crippen MR) is 112 cm³/mol. The Morgan fingerprint density at radius 2 is 1.39 bits per heavy atom. The van der Waals surface area contributed by atoms with Crippen LogP contribution in [0.1, 0.15) is 22.3 Å². The average Bonchev–Trinajstić information content (AvgIpc) is 2.74. The first-order valence-corrected chi connectivity index (χ1v) is 9.11. The summed E-state index contributed by atoms with van der Waals surface area (Å²) in [4.78, 5) is 24.2. The van der Waals surface area contributed by atoms with Crippen LogP contribution in [0.4, 0.5) is 0 Å². The van der Waals surface area contributed by atoms with Crippen molar-refractivity contribution >= 4 is 17.9 Å². The predicted octanol–water partition coefficient (Wildman–Crippen LogP) is 4.04. The molecule has 0 aliphatic rings. The fourth-order valence-electron chi connectivity index (χ4n) is 2.84. The van der Waals surface area contributed by atoms with Crippen LogP contribution in [0.15, 0.2) is 91.0 Å². The number of primary amides is 1. The molecule has 0 unspecified atom stereocenters. The SMILES string of the molecule is NC(=O)[C@@H](C/C=C/c1ccccc1)NC(=O)c1ccc(-c2ccccc2)cc1. The summed E-state index contributed by atoms with van der Waals surface area (Å²) in [6.45, 7) is 0. The minimum atomic E-state index is -0.763. The van der Waals surface area contributed by atoms with Crippen LogP contribution in [0.5, 0.6) is 0 Å². The normalized spacial score (nSPS) is 11.9. The van der Waals surface area contributed by atoms with Gasteiger partial charge in [0.05, 0.1) is 0 Å². The molecule has 4 heteroatoms. The van der Waals surface area contributed by atoms with E-state index in [1.165, 1.54) is 0 Å². The molecule has 0 saturated carbocycles. The Morgan fingerprint density at radius 3 is 2.00 bits per heavy atom. The molecule has 3 aromatic carbocycles. The van der Waals surface area contributed by atoms with E-state index in [1.54, 1.807) is 12.1 Å². The largest absolute Gasteiger partial charge is 0.368 e. The summed E-state index contributed by atoms with van der Waals surface area (Å²) in [5.74, 6) is -0.886. The smallest absolute Gasteiger partial charge is 0.251 e. The first-order valence-electron chi connectivity index (χ1n) is 9.11. The second-order valence-corrected chi connectivity index (χ2v) is 6.42. The zero-order valence-electron chi connectivity index (χ0n) is 15.4. The van der Waals surface area contributed by atoms with Crippen molar-refractivity contribution < 1.29 is 9.59 Å². The average molecular weight is 370 g/mol. The molecule has 0 aromatic heterocycles. The molecule has 0 heterocycles. The van der Waals surface area contributed by atoms with E-state index in [0.717, 1.165) is 16.7 Å². The number of rotatable bonds is 7. The number of amides is 2. The van der Waals surface area contributed by atoms with Crippen LogP contribution < -0.4 is 11.1 Å². The topological polar surface area (TPSA) is 72.2 Å². The third kappa shape index (κ3) is 5.17. The summed E-state index contributed by atoms with van der Waals surface area (Å²) in [6.07, 6.45) is 4.07. The number of nitrogens with one attached hydrogen (secondary N) is 1. The summed E-state index contributed by atoms with van der Waals surface area (Å²) in [5, 5.41) is 2.71. The van der Waals surface area contributed by atoms with Gasteiger partial charge in [-0.25, -0.2) is 0 Å². The van der Waals surface area contributed by atoms with Crippen molar-refractivity contribution in [1.29, 1.82) is 0 Å². The van der Waals surface area contributed by atoms with Crippen molar-refractivity contribution in [3.63, 3.8) is 0 Å². The lowest BCUT2D eigenvalue weighted by molar-refractivity contribution is -0.119. The zero-order valence-corrected chi connectivity index (χ0v) is 15.4. The number of nitrogens with two attached hydrogens (primary N) is 1. The molecule has 0 spiro atoms. The molecule has 0 aliphatic carbocycles. The van der Waals surface area contributed by atoms with E-state index >= 15 is 0 Å². The maximum atomic E-state index is 12.5. The Labute approximate surface area is 164 Å². The summed E-state index contributed by atoms with van der Waals surface area (Å²) < 4.78 is 0. The fraction of sp³-hybridized carbons (Fsp3) is 0.0833. The van der Waals surface area contributed by atoms with E-state index in [2.05, 4.69) is 5.32 Å². The standard InChI is InChI=1S/C24H22N2O2/c25-23(27)22(13-7-10-18-8-3-1-4-9-18)26-24(28)21-16-14-20(15-17-21)19-11-5-2-6-12-19/h1-12,14-17,22H,13H2,(H2,25,27)(H,26,28)/b10-7+/t22-/m1/s1. The molecule has 28 heavy (non-hydrogen) atoms. The van der Waals surface area contributed by atoms with Crippen LogP contribution >= 0.6 is 0 Å². The second-order valence-electron chi connectivity index (χ2n) is 6.42. The van der Waals surface area contributed by atoms with Gasteiger partial charge in [-0.05, 0) is 35.2 Å². The Morgan fingerprint density at radius 1 is 0.821 bits per heavy atom. The lowest BCUT2D eigenvalue weighted by atomic mass is 10.0. The Bertz CT molecular complexity index is 949. The van der Waals surface area contributed by atoms with Crippen LogP contribution in [0.2, 0.25) is 0 Å². The molecular weight excluding hydrogens is 348 g/mol. The third-order valence-corrected chi connectivity index (χ3v) is 4.38.